The van der Waals surface area contributed by atoms with Gasteiger partial charge in [0.15, 0.2) is 0 Å². The smallest absolute Gasteiger partial charge is 0.264 e. The normalized spacial score (nSPS) is 15.4. The van der Waals surface area contributed by atoms with Crippen LogP contribution in [0, 0.1) is 11.6 Å². The molecule has 7 nitrogen and oxygen atoms in total. The third-order valence-corrected chi connectivity index (χ3v) is 9.59. The van der Waals surface area contributed by atoms with Crippen LogP contribution in [0.3, 0.4) is 0 Å². The first kappa shape index (κ1) is 24.4. The molecule has 1 N–H and O–H groups in total. The van der Waals surface area contributed by atoms with Gasteiger partial charge in [-0.15, -0.1) is 11.3 Å². The van der Waals surface area contributed by atoms with Gasteiger partial charge in [-0.3, -0.25) is 9.69 Å². The fraction of sp³-hybridized carbons (Fsp3) is 0.200. The molecule has 0 atom stereocenters. The minimum Gasteiger partial charge on any atom is -0.290 e. The van der Waals surface area contributed by atoms with Crippen LogP contribution in [0.5, 0.6) is 0 Å². The average molecular weight is 529 g/mol. The summed E-state index contributed by atoms with van der Waals surface area (Å²) in [4.78, 5) is 14.0. The number of piperazine rings is 1. The second-order valence-electron chi connectivity index (χ2n) is 8.37. The van der Waals surface area contributed by atoms with Crippen LogP contribution in [0.4, 0.5) is 8.78 Å². The van der Waals surface area contributed by atoms with Gasteiger partial charge in [0.25, 0.3) is 15.6 Å². The van der Waals surface area contributed by atoms with Crippen LogP contribution in [0.15, 0.2) is 81.8 Å². The number of nitrogens with zero attached hydrogens (tertiary/aromatic N) is 3. The van der Waals surface area contributed by atoms with Crippen molar-refractivity contribution >= 4 is 21.4 Å². The maximum Gasteiger partial charge on any atom is 0.264 e. The number of nitrogens with one attached hydrogen (secondary N) is 1. The first-order valence-electron chi connectivity index (χ1n) is 11.2. The zero-order valence-electron chi connectivity index (χ0n) is 19.0. The third-order valence-electron chi connectivity index (χ3n) is 6.12. The molecule has 0 spiro atoms. The summed E-state index contributed by atoms with van der Waals surface area (Å²) in [5.41, 5.74) is 1.85. The molecule has 5 rings (SSSR count). The summed E-state index contributed by atoms with van der Waals surface area (Å²) in [6, 6.07) is 18.2. The molecule has 11 heteroatoms. The van der Waals surface area contributed by atoms with Crippen LogP contribution in [0.1, 0.15) is 17.2 Å². The molecule has 3 heterocycles. The second kappa shape index (κ2) is 10.0. The SMILES string of the molecule is O=c1ccc(-c2ccc(S(=O)(=O)N3CCN(C(c4ccc(F)cc4)c4ccc(F)cc4)CC3)s2)n[nH]1. The topological polar surface area (TPSA) is 86.4 Å². The summed E-state index contributed by atoms with van der Waals surface area (Å²) in [6.07, 6.45) is 0. The zero-order chi connectivity index (χ0) is 25.3. The number of aromatic nitrogens is 2. The van der Waals surface area contributed by atoms with E-state index in [0.717, 1.165) is 22.5 Å². The quantitative estimate of drug-likeness (QED) is 0.411. The van der Waals surface area contributed by atoms with Gasteiger partial charge in [0.05, 0.1) is 10.9 Å². The standard InChI is InChI=1S/C25H22F2N4O3S2/c26-19-5-1-17(2-6-19)25(18-3-7-20(27)8-4-18)30-13-15-31(16-14-30)36(33,34)24-12-10-22(35-24)21-9-11-23(32)29-28-21/h1-12,25H,13-16H2,(H,29,32). The Morgan fingerprint density at radius 3 is 1.92 bits per heavy atom. The minimum absolute atomic E-state index is 0.201. The Bertz CT molecular complexity index is 1450. The number of H-pyrrole nitrogens is 1. The molecule has 0 radical (unpaired) electrons. The fourth-order valence-electron chi connectivity index (χ4n) is 4.31. The Morgan fingerprint density at radius 2 is 1.39 bits per heavy atom. The molecule has 36 heavy (non-hydrogen) atoms. The predicted molar refractivity (Wildman–Crippen MR) is 133 cm³/mol. The molecule has 0 bridgehead atoms. The number of thiophene rings is 1. The molecular weight excluding hydrogens is 506 g/mol. The van der Waals surface area contributed by atoms with E-state index in [4.69, 9.17) is 0 Å². The summed E-state index contributed by atoms with van der Waals surface area (Å²) in [7, 11) is -3.72. The van der Waals surface area contributed by atoms with Crippen molar-refractivity contribution < 1.29 is 17.2 Å². The zero-order valence-corrected chi connectivity index (χ0v) is 20.6. The molecule has 2 aromatic heterocycles. The van der Waals surface area contributed by atoms with Crippen molar-refractivity contribution in [2.24, 2.45) is 0 Å². The van der Waals surface area contributed by atoms with Gasteiger partial charge in [0.2, 0.25) is 0 Å². The molecular formula is C25H22F2N4O3S2. The van der Waals surface area contributed by atoms with Crippen molar-refractivity contribution in [3.8, 4) is 10.6 Å². The number of sulfonamides is 1. The highest BCUT2D eigenvalue weighted by Gasteiger charge is 2.33. The molecule has 2 aromatic carbocycles. The van der Waals surface area contributed by atoms with Crippen molar-refractivity contribution in [2.45, 2.75) is 10.3 Å². The lowest BCUT2D eigenvalue weighted by Gasteiger charge is -2.39. The summed E-state index contributed by atoms with van der Waals surface area (Å²) >= 11 is 1.10. The fourth-order valence-corrected chi connectivity index (χ4v) is 7.16. The highest BCUT2D eigenvalue weighted by atomic mass is 32.2. The molecule has 0 amide bonds. The Hall–Kier alpha value is -3.25. The lowest BCUT2D eigenvalue weighted by atomic mass is 9.96. The molecule has 0 saturated carbocycles. The van der Waals surface area contributed by atoms with E-state index in [1.54, 1.807) is 42.5 Å². The Balaban J connectivity index is 1.35. The van der Waals surface area contributed by atoms with Crippen LogP contribution < -0.4 is 5.56 Å². The molecule has 1 fully saturated rings. The molecule has 0 unspecified atom stereocenters. The number of rotatable bonds is 6. The van der Waals surface area contributed by atoms with E-state index in [0.29, 0.717) is 23.7 Å². The lowest BCUT2D eigenvalue weighted by Crippen LogP contribution is -2.49. The van der Waals surface area contributed by atoms with Crippen LogP contribution in [0.25, 0.3) is 10.6 Å². The van der Waals surface area contributed by atoms with Gasteiger partial charge in [-0.05, 0) is 53.6 Å². The van der Waals surface area contributed by atoms with Crippen LogP contribution in [-0.4, -0.2) is 54.0 Å². The lowest BCUT2D eigenvalue weighted by molar-refractivity contribution is 0.156. The van der Waals surface area contributed by atoms with E-state index in [2.05, 4.69) is 15.1 Å². The predicted octanol–water partition coefficient (Wildman–Crippen LogP) is 3.87. The van der Waals surface area contributed by atoms with Crippen LogP contribution in [0.2, 0.25) is 0 Å². The van der Waals surface area contributed by atoms with Crippen molar-refractivity contribution in [1.29, 1.82) is 0 Å². The van der Waals surface area contributed by atoms with Gasteiger partial charge >= 0.3 is 0 Å². The summed E-state index contributed by atoms with van der Waals surface area (Å²) in [6.45, 7) is 1.42. The molecule has 4 aromatic rings. The van der Waals surface area contributed by atoms with E-state index in [1.807, 2.05) is 0 Å². The van der Waals surface area contributed by atoms with E-state index < -0.39 is 10.0 Å². The Labute approximate surface area is 210 Å². The number of hydrogen-bond acceptors (Lipinski definition) is 6. The van der Waals surface area contributed by atoms with E-state index in [9.17, 15) is 22.0 Å². The number of hydrogen-bond donors (Lipinski definition) is 1. The minimum atomic E-state index is -3.72. The highest BCUT2D eigenvalue weighted by molar-refractivity contribution is 7.91. The average Bonchev–Trinajstić information content (AvgIpc) is 3.39. The van der Waals surface area contributed by atoms with Gasteiger partial charge in [-0.1, -0.05) is 24.3 Å². The van der Waals surface area contributed by atoms with Gasteiger partial charge in [-0.25, -0.2) is 22.3 Å². The largest absolute Gasteiger partial charge is 0.290 e. The first-order valence-corrected chi connectivity index (χ1v) is 13.5. The van der Waals surface area contributed by atoms with Crippen molar-refractivity contribution in [1.82, 2.24) is 19.4 Å². The Morgan fingerprint density at radius 1 is 0.806 bits per heavy atom. The first-order chi connectivity index (χ1) is 17.3. The van der Waals surface area contributed by atoms with Crippen molar-refractivity contribution in [3.05, 3.63) is 106 Å². The molecule has 1 saturated heterocycles. The Kier molecular flexibility index (Phi) is 6.80. The summed E-state index contributed by atoms with van der Waals surface area (Å²) < 4.78 is 55.4. The highest BCUT2D eigenvalue weighted by Crippen LogP contribution is 2.33. The van der Waals surface area contributed by atoms with Gasteiger partial charge < -0.3 is 0 Å². The van der Waals surface area contributed by atoms with Crippen molar-refractivity contribution in [3.63, 3.8) is 0 Å². The molecule has 0 aliphatic carbocycles. The van der Waals surface area contributed by atoms with E-state index in [1.165, 1.54) is 34.6 Å². The summed E-state index contributed by atoms with van der Waals surface area (Å²) in [5.74, 6) is -0.695. The molecule has 1 aliphatic rings. The van der Waals surface area contributed by atoms with Crippen LogP contribution >= 0.6 is 11.3 Å². The van der Waals surface area contributed by atoms with E-state index in [-0.39, 0.29) is 40.5 Å². The third kappa shape index (κ3) is 5.00. The maximum absolute atomic E-state index is 13.6. The van der Waals surface area contributed by atoms with Gasteiger partial charge in [0.1, 0.15) is 21.5 Å². The number of halogens is 2. The van der Waals surface area contributed by atoms with Crippen LogP contribution in [-0.2, 0) is 10.0 Å². The van der Waals surface area contributed by atoms with Gasteiger partial charge in [0, 0.05) is 32.2 Å². The summed E-state index contributed by atoms with van der Waals surface area (Å²) in [5, 5.41) is 6.32. The van der Waals surface area contributed by atoms with Gasteiger partial charge in [-0.2, -0.15) is 9.40 Å². The second-order valence-corrected chi connectivity index (χ2v) is 11.6. The molecule has 186 valence electrons. The maximum atomic E-state index is 13.6. The number of aromatic amines is 1. The monoisotopic (exact) mass is 528 g/mol. The van der Waals surface area contributed by atoms with Crippen molar-refractivity contribution in [2.75, 3.05) is 26.2 Å². The molecule has 1 aliphatic heterocycles. The van der Waals surface area contributed by atoms with E-state index >= 15 is 0 Å². The number of benzene rings is 2.